The Kier molecular flexibility index (Phi) is 6.94. The summed E-state index contributed by atoms with van der Waals surface area (Å²) < 4.78 is 6.47. The smallest absolute Gasteiger partial charge is 0.138 e. The topological polar surface area (TPSA) is 13.1 Å². The summed E-state index contributed by atoms with van der Waals surface area (Å²) in [7, 11) is 0. The molecule has 9 aromatic carbocycles. The molecule has 0 aliphatic heterocycles. The van der Waals surface area contributed by atoms with Gasteiger partial charge in [-0.15, -0.1) is 0 Å². The standard InChI is InChI=1S/C51H34O/c1-3-4-14-33-25-27-45-46-30-35(26-28-48(46)52-51(45)32(33)2)37-29-36-16-6-8-19-39(36)47(31-37)50-43-22-11-9-20-41(43)49(42-21-10-12-23-44(42)50)40-24-13-17-34-15-5-7-18-38(34)40/h3-31H,1H2,2H3/b14-4-. The van der Waals surface area contributed by atoms with Gasteiger partial charge in [-0.2, -0.15) is 0 Å². The minimum Gasteiger partial charge on any atom is -0.456 e. The number of hydrogen-bond acceptors (Lipinski definition) is 1. The summed E-state index contributed by atoms with van der Waals surface area (Å²) in [6, 6.07) is 57.8. The van der Waals surface area contributed by atoms with E-state index in [4.69, 9.17) is 4.42 Å². The molecule has 10 aromatic rings. The number of fused-ring (bicyclic) bond motifs is 7. The summed E-state index contributed by atoms with van der Waals surface area (Å²) in [6.45, 7) is 5.96. The maximum absolute atomic E-state index is 6.47. The number of aryl methyl sites for hydroxylation is 1. The molecule has 1 aromatic heterocycles. The van der Waals surface area contributed by atoms with Crippen LogP contribution in [-0.2, 0) is 0 Å². The number of benzene rings is 9. The van der Waals surface area contributed by atoms with Gasteiger partial charge in [0.25, 0.3) is 0 Å². The van der Waals surface area contributed by atoms with Crippen LogP contribution in [0.15, 0.2) is 181 Å². The van der Waals surface area contributed by atoms with E-state index in [2.05, 4.69) is 177 Å². The first-order valence-electron chi connectivity index (χ1n) is 17.9. The summed E-state index contributed by atoms with van der Waals surface area (Å²) in [6.07, 6.45) is 5.85. The van der Waals surface area contributed by atoms with E-state index in [1.165, 1.54) is 70.9 Å². The summed E-state index contributed by atoms with van der Waals surface area (Å²) in [5.41, 5.74) is 11.5. The quantitative estimate of drug-likeness (QED) is 0.132. The van der Waals surface area contributed by atoms with E-state index in [0.29, 0.717) is 0 Å². The zero-order valence-corrected chi connectivity index (χ0v) is 28.9. The molecule has 0 radical (unpaired) electrons. The third-order valence-electron chi connectivity index (χ3n) is 10.8. The lowest BCUT2D eigenvalue weighted by atomic mass is 9.83. The van der Waals surface area contributed by atoms with E-state index in [9.17, 15) is 0 Å². The van der Waals surface area contributed by atoms with Crippen LogP contribution < -0.4 is 0 Å². The van der Waals surface area contributed by atoms with Gasteiger partial charge in [-0.1, -0.05) is 152 Å². The van der Waals surface area contributed by atoms with Crippen molar-refractivity contribution in [3.8, 4) is 33.4 Å². The molecule has 0 aliphatic rings. The van der Waals surface area contributed by atoms with E-state index in [1.54, 1.807) is 6.08 Å². The highest BCUT2D eigenvalue weighted by Gasteiger charge is 2.20. The van der Waals surface area contributed by atoms with Gasteiger partial charge >= 0.3 is 0 Å². The number of hydrogen-bond donors (Lipinski definition) is 0. The van der Waals surface area contributed by atoms with Crippen molar-refractivity contribution < 1.29 is 4.42 Å². The van der Waals surface area contributed by atoms with E-state index >= 15 is 0 Å². The molecule has 1 heterocycles. The molecule has 1 heteroatoms. The lowest BCUT2D eigenvalue weighted by molar-refractivity contribution is 0.665. The van der Waals surface area contributed by atoms with Crippen molar-refractivity contribution in [1.82, 2.24) is 0 Å². The molecule has 1 nitrogen and oxygen atoms in total. The SMILES string of the molecule is C=C/C=C\c1ccc2c(oc3ccc(-c4cc(-c5c6ccccc6c(-c6cccc7ccccc67)c6ccccc56)c5ccccc5c4)cc32)c1C. The second kappa shape index (κ2) is 12.0. The predicted molar refractivity (Wildman–Crippen MR) is 224 cm³/mol. The Balaban J connectivity index is 1.25. The van der Waals surface area contributed by atoms with Crippen LogP contribution in [0, 0.1) is 6.92 Å². The molecule has 52 heavy (non-hydrogen) atoms. The molecule has 0 saturated heterocycles. The van der Waals surface area contributed by atoms with Crippen molar-refractivity contribution in [3.05, 3.63) is 188 Å². The fraction of sp³-hybridized carbons (Fsp3) is 0.0196. The fourth-order valence-corrected chi connectivity index (χ4v) is 8.36. The zero-order chi connectivity index (χ0) is 34.8. The van der Waals surface area contributed by atoms with Crippen LogP contribution in [0.25, 0.3) is 104 Å². The molecule has 0 N–H and O–H groups in total. The van der Waals surface area contributed by atoms with Gasteiger partial charge in [0.2, 0.25) is 0 Å². The van der Waals surface area contributed by atoms with Gasteiger partial charge < -0.3 is 4.42 Å². The molecule has 0 saturated carbocycles. The second-order valence-electron chi connectivity index (χ2n) is 13.7. The number of furan rings is 1. The van der Waals surface area contributed by atoms with Crippen molar-refractivity contribution >= 4 is 71.1 Å². The zero-order valence-electron chi connectivity index (χ0n) is 28.9. The van der Waals surface area contributed by atoms with Gasteiger partial charge in [0.1, 0.15) is 11.2 Å². The summed E-state index contributed by atoms with van der Waals surface area (Å²) in [5, 5.41) is 12.2. The highest BCUT2D eigenvalue weighted by atomic mass is 16.3. The summed E-state index contributed by atoms with van der Waals surface area (Å²) in [5.74, 6) is 0. The third-order valence-corrected chi connectivity index (χ3v) is 10.8. The Morgan fingerprint density at radius 2 is 1.06 bits per heavy atom. The molecule has 0 spiro atoms. The Labute approximate surface area is 302 Å². The average Bonchev–Trinajstić information content (AvgIpc) is 3.58. The van der Waals surface area contributed by atoms with E-state index in [0.717, 1.165) is 38.6 Å². The van der Waals surface area contributed by atoms with Gasteiger partial charge in [0, 0.05) is 10.8 Å². The Morgan fingerprint density at radius 3 is 1.75 bits per heavy atom. The Morgan fingerprint density at radius 1 is 0.462 bits per heavy atom. The van der Waals surface area contributed by atoms with E-state index < -0.39 is 0 Å². The molecule has 244 valence electrons. The lowest BCUT2D eigenvalue weighted by Crippen LogP contribution is -1.93. The molecular weight excluding hydrogens is 629 g/mol. The van der Waals surface area contributed by atoms with Crippen molar-refractivity contribution in [2.45, 2.75) is 6.92 Å². The largest absolute Gasteiger partial charge is 0.456 e. The third kappa shape index (κ3) is 4.63. The van der Waals surface area contributed by atoms with Crippen LogP contribution in [0.3, 0.4) is 0 Å². The normalized spacial score (nSPS) is 11.9. The highest BCUT2D eigenvalue weighted by molar-refractivity contribution is 6.25. The van der Waals surface area contributed by atoms with Crippen molar-refractivity contribution in [3.63, 3.8) is 0 Å². The van der Waals surface area contributed by atoms with Crippen LogP contribution in [0.4, 0.5) is 0 Å². The van der Waals surface area contributed by atoms with Gasteiger partial charge in [0.15, 0.2) is 0 Å². The molecule has 0 atom stereocenters. The van der Waals surface area contributed by atoms with E-state index in [1.807, 2.05) is 6.08 Å². The summed E-state index contributed by atoms with van der Waals surface area (Å²) in [4.78, 5) is 0. The Bertz CT molecular complexity index is 3040. The van der Waals surface area contributed by atoms with Crippen molar-refractivity contribution in [2.24, 2.45) is 0 Å². The second-order valence-corrected chi connectivity index (χ2v) is 13.7. The van der Waals surface area contributed by atoms with Gasteiger partial charge in [-0.3, -0.25) is 0 Å². The van der Waals surface area contributed by atoms with Crippen LogP contribution >= 0.6 is 0 Å². The van der Waals surface area contributed by atoms with Gasteiger partial charge in [0.05, 0.1) is 0 Å². The van der Waals surface area contributed by atoms with Crippen LogP contribution in [-0.4, -0.2) is 0 Å². The first-order valence-corrected chi connectivity index (χ1v) is 17.9. The average molecular weight is 663 g/mol. The first kappa shape index (κ1) is 30.2. The molecular formula is C51H34O. The fourth-order valence-electron chi connectivity index (χ4n) is 8.36. The maximum atomic E-state index is 6.47. The van der Waals surface area contributed by atoms with Crippen LogP contribution in [0.1, 0.15) is 11.1 Å². The number of allylic oxidation sites excluding steroid dienone is 2. The predicted octanol–water partition coefficient (Wildman–Crippen LogP) is 14.7. The minimum atomic E-state index is 0.897. The molecule has 0 aliphatic carbocycles. The van der Waals surface area contributed by atoms with Gasteiger partial charge in [-0.25, -0.2) is 0 Å². The molecule has 0 bridgehead atoms. The van der Waals surface area contributed by atoms with Crippen molar-refractivity contribution in [2.75, 3.05) is 0 Å². The van der Waals surface area contributed by atoms with Crippen LogP contribution in [0.2, 0.25) is 0 Å². The van der Waals surface area contributed by atoms with E-state index in [-0.39, 0.29) is 0 Å². The molecule has 0 fully saturated rings. The number of rotatable bonds is 5. The lowest BCUT2D eigenvalue weighted by Gasteiger charge is -2.20. The minimum absolute atomic E-state index is 0.897. The monoisotopic (exact) mass is 662 g/mol. The molecule has 0 amide bonds. The molecule has 10 rings (SSSR count). The van der Waals surface area contributed by atoms with Gasteiger partial charge in [-0.05, 0) is 125 Å². The summed E-state index contributed by atoms with van der Waals surface area (Å²) >= 11 is 0. The highest BCUT2D eigenvalue weighted by Crippen LogP contribution is 2.47. The van der Waals surface area contributed by atoms with Crippen molar-refractivity contribution in [1.29, 1.82) is 0 Å². The first-order chi connectivity index (χ1) is 25.7. The van der Waals surface area contributed by atoms with Crippen LogP contribution in [0.5, 0.6) is 0 Å². The maximum Gasteiger partial charge on any atom is 0.138 e. The molecule has 0 unspecified atom stereocenters. The Hall–Kier alpha value is -6.70.